The molecule has 1 fully saturated rings. The lowest BCUT2D eigenvalue weighted by atomic mass is 9.67. The number of ketones is 1. The molecule has 0 N–H and O–H groups in total. The molecule has 0 unspecified atom stereocenters. The van der Waals surface area contributed by atoms with Gasteiger partial charge in [0.05, 0.1) is 22.5 Å². The van der Waals surface area contributed by atoms with Gasteiger partial charge in [-0.05, 0) is 37.3 Å². The summed E-state index contributed by atoms with van der Waals surface area (Å²) in [7, 11) is 0. The van der Waals surface area contributed by atoms with Gasteiger partial charge in [0, 0.05) is 6.42 Å². The molecule has 0 aliphatic heterocycles. The van der Waals surface area contributed by atoms with Crippen molar-refractivity contribution in [2.75, 3.05) is 0 Å². The van der Waals surface area contributed by atoms with Crippen LogP contribution in [0.1, 0.15) is 48.7 Å². The third-order valence-electron chi connectivity index (χ3n) is 4.62. The fourth-order valence-corrected chi connectivity index (χ4v) is 3.19. The Labute approximate surface area is 134 Å². The van der Waals surface area contributed by atoms with E-state index in [1.54, 1.807) is 19.1 Å². The van der Waals surface area contributed by atoms with Gasteiger partial charge in [0.25, 0.3) is 0 Å². The lowest BCUT2D eigenvalue weighted by Gasteiger charge is -2.37. The highest BCUT2D eigenvalue weighted by atomic mass is 35.5. The number of carbonyl (C=O) groups is 1. The summed E-state index contributed by atoms with van der Waals surface area (Å²) in [6.45, 7) is 3.93. The number of rotatable bonds is 4. The maximum atomic E-state index is 14.1. The van der Waals surface area contributed by atoms with Crippen molar-refractivity contribution in [1.82, 2.24) is 9.78 Å². The summed E-state index contributed by atoms with van der Waals surface area (Å²) in [6, 6.07) is 4.75. The van der Waals surface area contributed by atoms with Crippen LogP contribution in [0.3, 0.4) is 0 Å². The number of hydrogen-bond donors (Lipinski definition) is 0. The quantitative estimate of drug-likeness (QED) is 0.763. The summed E-state index contributed by atoms with van der Waals surface area (Å²) in [6.07, 6.45) is 5.43. The van der Waals surface area contributed by atoms with Gasteiger partial charge in [-0.1, -0.05) is 31.0 Å². The van der Waals surface area contributed by atoms with Crippen LogP contribution >= 0.6 is 11.6 Å². The van der Waals surface area contributed by atoms with Crippen LogP contribution in [0.15, 0.2) is 24.4 Å². The van der Waals surface area contributed by atoms with Crippen molar-refractivity contribution in [2.24, 2.45) is 5.41 Å². The Morgan fingerprint density at radius 1 is 1.45 bits per heavy atom. The molecule has 22 heavy (non-hydrogen) atoms. The second-order valence-corrected chi connectivity index (χ2v) is 6.80. The number of nitrogens with zero attached hydrogens (tertiary/aromatic N) is 2. The number of halogens is 2. The van der Waals surface area contributed by atoms with E-state index in [4.69, 9.17) is 11.6 Å². The summed E-state index contributed by atoms with van der Waals surface area (Å²) < 4.78 is 15.6. The van der Waals surface area contributed by atoms with Crippen molar-refractivity contribution in [2.45, 2.75) is 39.5 Å². The van der Waals surface area contributed by atoms with Crippen molar-refractivity contribution >= 4 is 17.4 Å². The Hall–Kier alpha value is -1.68. The van der Waals surface area contributed by atoms with Crippen molar-refractivity contribution in [3.05, 3.63) is 46.5 Å². The van der Waals surface area contributed by atoms with Gasteiger partial charge >= 0.3 is 0 Å². The van der Waals surface area contributed by atoms with Gasteiger partial charge in [0.15, 0.2) is 11.6 Å². The topological polar surface area (TPSA) is 34.9 Å². The summed E-state index contributed by atoms with van der Waals surface area (Å²) >= 11 is 5.82. The molecule has 3 nitrogen and oxygen atoms in total. The maximum absolute atomic E-state index is 14.1. The van der Waals surface area contributed by atoms with E-state index in [2.05, 4.69) is 12.0 Å². The fourth-order valence-electron chi connectivity index (χ4n) is 3.02. The van der Waals surface area contributed by atoms with Gasteiger partial charge in [-0.2, -0.15) is 5.10 Å². The standard InChI is InChI=1S/C17H18ClFN2O/c1-11-12(15(22)9-17(2)7-4-8-17)10-20-21(11)14-6-3-5-13(18)16(14)19/h3,5-6,10H,4,7-9H2,1-2H3. The van der Waals surface area contributed by atoms with Gasteiger partial charge in [0.2, 0.25) is 0 Å². The van der Waals surface area contributed by atoms with Crippen molar-refractivity contribution in [1.29, 1.82) is 0 Å². The molecule has 0 atom stereocenters. The zero-order chi connectivity index (χ0) is 15.9. The molecule has 0 spiro atoms. The van der Waals surface area contributed by atoms with Crippen LogP contribution in [0.25, 0.3) is 5.69 Å². The number of carbonyl (C=O) groups excluding carboxylic acids is 1. The summed E-state index contributed by atoms with van der Waals surface area (Å²) in [4.78, 5) is 12.5. The van der Waals surface area contributed by atoms with Crippen LogP contribution in [0.2, 0.25) is 5.02 Å². The summed E-state index contributed by atoms with van der Waals surface area (Å²) in [5, 5.41) is 4.22. The number of aromatic nitrogens is 2. The molecule has 1 aromatic carbocycles. The first-order valence-electron chi connectivity index (χ1n) is 7.43. The predicted octanol–water partition coefficient (Wildman–Crippen LogP) is 4.74. The van der Waals surface area contributed by atoms with Crippen LogP contribution in [0.5, 0.6) is 0 Å². The van der Waals surface area contributed by atoms with Crippen molar-refractivity contribution < 1.29 is 9.18 Å². The zero-order valence-electron chi connectivity index (χ0n) is 12.7. The lowest BCUT2D eigenvalue weighted by molar-refractivity contribution is 0.0815. The molecule has 0 amide bonds. The zero-order valence-corrected chi connectivity index (χ0v) is 13.5. The molecule has 1 heterocycles. The Morgan fingerprint density at radius 2 is 2.18 bits per heavy atom. The average molecular weight is 321 g/mol. The molecule has 2 aromatic rings. The SMILES string of the molecule is Cc1c(C(=O)CC2(C)CCC2)cnn1-c1cccc(Cl)c1F. The summed E-state index contributed by atoms with van der Waals surface area (Å²) in [5.74, 6) is -0.450. The second kappa shape index (κ2) is 5.51. The second-order valence-electron chi connectivity index (χ2n) is 6.39. The van der Waals surface area contributed by atoms with Crippen molar-refractivity contribution in [3.8, 4) is 5.69 Å². The minimum absolute atomic E-state index is 0.0438. The van der Waals surface area contributed by atoms with E-state index in [0.29, 0.717) is 17.7 Å². The molecular formula is C17H18ClFN2O. The fraction of sp³-hybridized carbons (Fsp3) is 0.412. The molecule has 5 heteroatoms. The number of hydrogen-bond acceptors (Lipinski definition) is 2. The van der Waals surface area contributed by atoms with Crippen LogP contribution in [0.4, 0.5) is 4.39 Å². The highest BCUT2D eigenvalue weighted by Gasteiger charge is 2.34. The number of benzene rings is 1. The highest BCUT2D eigenvalue weighted by Crippen LogP contribution is 2.44. The minimum atomic E-state index is -0.527. The lowest BCUT2D eigenvalue weighted by Crippen LogP contribution is -2.28. The molecule has 1 aliphatic carbocycles. The third-order valence-corrected chi connectivity index (χ3v) is 4.91. The first-order chi connectivity index (χ1) is 10.4. The summed E-state index contributed by atoms with van der Waals surface area (Å²) in [5.41, 5.74) is 1.59. The van der Waals surface area contributed by atoms with Crippen LogP contribution in [0, 0.1) is 18.2 Å². The normalized spacial score (nSPS) is 16.4. The third kappa shape index (κ3) is 2.56. The van der Waals surface area contributed by atoms with Gasteiger partial charge in [-0.15, -0.1) is 0 Å². The van der Waals surface area contributed by atoms with Crippen LogP contribution in [-0.2, 0) is 0 Å². The van der Waals surface area contributed by atoms with E-state index in [1.807, 2.05) is 0 Å². The molecule has 0 radical (unpaired) electrons. The van der Waals surface area contributed by atoms with E-state index in [1.165, 1.54) is 23.4 Å². The van der Waals surface area contributed by atoms with Gasteiger partial charge in [-0.3, -0.25) is 4.79 Å². The van der Waals surface area contributed by atoms with E-state index in [9.17, 15) is 9.18 Å². The Kier molecular flexibility index (Phi) is 3.81. The van der Waals surface area contributed by atoms with Crippen LogP contribution in [-0.4, -0.2) is 15.6 Å². The average Bonchev–Trinajstić information content (AvgIpc) is 2.82. The van der Waals surface area contributed by atoms with Gasteiger partial charge in [0.1, 0.15) is 5.69 Å². The predicted molar refractivity (Wildman–Crippen MR) is 84.2 cm³/mol. The van der Waals surface area contributed by atoms with E-state index in [0.717, 1.165) is 12.8 Å². The Morgan fingerprint density at radius 3 is 2.82 bits per heavy atom. The first kappa shape index (κ1) is 15.2. The van der Waals surface area contributed by atoms with Gasteiger partial charge < -0.3 is 0 Å². The molecule has 116 valence electrons. The molecule has 3 rings (SSSR count). The van der Waals surface area contributed by atoms with E-state index >= 15 is 0 Å². The van der Waals surface area contributed by atoms with Gasteiger partial charge in [-0.25, -0.2) is 9.07 Å². The monoisotopic (exact) mass is 320 g/mol. The number of Topliss-reactive ketones (excluding diaryl/α,β-unsaturated/α-hetero) is 1. The highest BCUT2D eigenvalue weighted by molar-refractivity contribution is 6.30. The van der Waals surface area contributed by atoms with E-state index < -0.39 is 5.82 Å². The van der Waals surface area contributed by atoms with Crippen molar-refractivity contribution in [3.63, 3.8) is 0 Å². The smallest absolute Gasteiger partial charge is 0.167 e. The molecule has 0 bridgehead atoms. The maximum Gasteiger partial charge on any atom is 0.167 e. The minimum Gasteiger partial charge on any atom is -0.294 e. The molecule has 1 aromatic heterocycles. The van der Waals surface area contributed by atoms with E-state index in [-0.39, 0.29) is 21.9 Å². The largest absolute Gasteiger partial charge is 0.294 e. The molecule has 1 saturated carbocycles. The Bertz CT molecular complexity index is 734. The van der Waals surface area contributed by atoms with Crippen LogP contribution < -0.4 is 0 Å². The molecular weight excluding hydrogens is 303 g/mol. The molecule has 0 saturated heterocycles. The molecule has 1 aliphatic rings. The Balaban J connectivity index is 1.92. The first-order valence-corrected chi connectivity index (χ1v) is 7.81.